The number of carbonyl (C=O) groups is 2. The number of aromatic nitrogens is 1. The highest BCUT2D eigenvalue weighted by atomic mass is 32.2. The smallest absolute Gasteiger partial charge is 0.269 e. The molecule has 0 fully saturated rings. The zero-order valence-electron chi connectivity index (χ0n) is 17.1. The Balaban J connectivity index is 1.37. The number of nitro groups is 1. The Labute approximate surface area is 197 Å². The van der Waals surface area contributed by atoms with Crippen LogP contribution < -0.4 is 5.32 Å². The van der Waals surface area contributed by atoms with Gasteiger partial charge in [-0.3, -0.25) is 19.7 Å². The number of amides is 1. The van der Waals surface area contributed by atoms with Gasteiger partial charge >= 0.3 is 0 Å². The normalized spacial score (nSPS) is 11.0. The van der Waals surface area contributed by atoms with E-state index in [0.29, 0.717) is 11.3 Å². The SMILES string of the molecule is O=C(/C=C/c1ccccc1)Nc1ccc2nc(SCC(=O)c3ccc([N+](=O)[O-])cc3)sc2c1. The number of fused-ring (bicyclic) bond motifs is 1. The number of nitrogens with zero attached hydrogens (tertiary/aromatic N) is 2. The number of anilines is 1. The zero-order valence-corrected chi connectivity index (χ0v) is 18.8. The number of thioether (sulfide) groups is 1. The van der Waals surface area contributed by atoms with Crippen molar-refractivity contribution < 1.29 is 14.5 Å². The van der Waals surface area contributed by atoms with E-state index in [4.69, 9.17) is 0 Å². The highest BCUT2D eigenvalue weighted by Gasteiger charge is 2.12. The summed E-state index contributed by atoms with van der Waals surface area (Å²) in [5.74, 6) is -0.191. The van der Waals surface area contributed by atoms with Crippen LogP contribution >= 0.6 is 23.1 Å². The highest BCUT2D eigenvalue weighted by molar-refractivity contribution is 8.01. The molecule has 0 spiro atoms. The fraction of sp³-hybridized carbons (Fsp3) is 0.0417. The molecule has 9 heteroatoms. The summed E-state index contributed by atoms with van der Waals surface area (Å²) in [6.07, 6.45) is 3.23. The van der Waals surface area contributed by atoms with Crippen molar-refractivity contribution in [2.75, 3.05) is 11.1 Å². The van der Waals surface area contributed by atoms with Gasteiger partial charge in [0.1, 0.15) is 0 Å². The van der Waals surface area contributed by atoms with E-state index >= 15 is 0 Å². The lowest BCUT2D eigenvalue weighted by Gasteiger charge is -2.01. The molecular formula is C24H17N3O4S2. The largest absolute Gasteiger partial charge is 0.322 e. The van der Waals surface area contributed by atoms with E-state index in [-0.39, 0.29) is 23.1 Å². The van der Waals surface area contributed by atoms with Crippen molar-refractivity contribution in [2.24, 2.45) is 0 Å². The van der Waals surface area contributed by atoms with Crippen molar-refractivity contribution in [3.63, 3.8) is 0 Å². The van der Waals surface area contributed by atoms with Gasteiger partial charge in [-0.05, 0) is 42.0 Å². The lowest BCUT2D eigenvalue weighted by Crippen LogP contribution is -2.07. The number of hydrogen-bond acceptors (Lipinski definition) is 7. The van der Waals surface area contributed by atoms with E-state index in [1.165, 1.54) is 53.4 Å². The first-order valence-corrected chi connectivity index (χ1v) is 11.6. The van der Waals surface area contributed by atoms with Crippen LogP contribution in [0.4, 0.5) is 11.4 Å². The van der Waals surface area contributed by atoms with Crippen LogP contribution in [0.25, 0.3) is 16.3 Å². The van der Waals surface area contributed by atoms with Crippen LogP contribution in [-0.2, 0) is 4.79 Å². The zero-order chi connectivity index (χ0) is 23.2. The van der Waals surface area contributed by atoms with E-state index in [9.17, 15) is 19.7 Å². The summed E-state index contributed by atoms with van der Waals surface area (Å²) in [4.78, 5) is 39.4. The standard InChI is InChI=1S/C24H17N3O4S2/c28-21(17-7-10-19(11-8-17)27(30)31)15-32-24-26-20-12-9-18(14-22(20)33-24)25-23(29)13-6-16-4-2-1-3-5-16/h1-14H,15H2,(H,25,29)/b13-6+. The van der Waals surface area contributed by atoms with Crippen molar-refractivity contribution in [2.45, 2.75) is 4.34 Å². The molecule has 0 unspecified atom stereocenters. The topological polar surface area (TPSA) is 102 Å². The molecule has 0 bridgehead atoms. The van der Waals surface area contributed by atoms with Gasteiger partial charge in [-0.15, -0.1) is 11.3 Å². The maximum atomic E-state index is 12.4. The molecule has 0 aliphatic heterocycles. The average molecular weight is 476 g/mol. The Morgan fingerprint density at radius 3 is 2.55 bits per heavy atom. The van der Waals surface area contributed by atoms with Crippen molar-refractivity contribution >= 4 is 62.5 Å². The maximum absolute atomic E-state index is 12.4. The minimum Gasteiger partial charge on any atom is -0.322 e. The third kappa shape index (κ3) is 5.91. The van der Waals surface area contributed by atoms with Crippen LogP contribution in [0.15, 0.2) is 83.2 Å². The molecule has 3 aromatic carbocycles. The van der Waals surface area contributed by atoms with Crippen LogP contribution in [0, 0.1) is 10.1 Å². The number of hydrogen-bond donors (Lipinski definition) is 1. The van der Waals surface area contributed by atoms with Gasteiger partial charge in [0.15, 0.2) is 10.1 Å². The van der Waals surface area contributed by atoms with Crippen LogP contribution in [0.3, 0.4) is 0 Å². The number of rotatable bonds is 8. The lowest BCUT2D eigenvalue weighted by atomic mass is 10.1. The number of nitro benzene ring substituents is 1. The Bertz CT molecular complexity index is 1350. The molecule has 4 aromatic rings. The Morgan fingerprint density at radius 1 is 1.06 bits per heavy atom. The summed E-state index contributed by atoms with van der Waals surface area (Å²) in [7, 11) is 0. The Morgan fingerprint density at radius 2 is 1.82 bits per heavy atom. The fourth-order valence-electron chi connectivity index (χ4n) is 2.94. The van der Waals surface area contributed by atoms with Gasteiger partial charge in [-0.25, -0.2) is 4.98 Å². The second kappa shape index (κ2) is 10.2. The van der Waals surface area contributed by atoms with Gasteiger partial charge in [0.05, 0.1) is 20.9 Å². The average Bonchev–Trinajstić information content (AvgIpc) is 3.24. The molecule has 0 aliphatic rings. The van der Waals surface area contributed by atoms with Crippen molar-refractivity contribution in [3.8, 4) is 0 Å². The molecular weight excluding hydrogens is 458 g/mol. The van der Waals surface area contributed by atoms with Gasteiger partial charge in [-0.2, -0.15) is 0 Å². The second-order valence-electron chi connectivity index (χ2n) is 6.91. The van der Waals surface area contributed by atoms with Crippen molar-refractivity contribution in [3.05, 3.63) is 100 Å². The van der Waals surface area contributed by atoms with Crippen molar-refractivity contribution in [1.82, 2.24) is 4.98 Å². The van der Waals surface area contributed by atoms with Gasteiger partial charge in [0.25, 0.3) is 5.69 Å². The first kappa shape index (κ1) is 22.4. The van der Waals surface area contributed by atoms with Gasteiger partial charge in [0, 0.05) is 29.5 Å². The highest BCUT2D eigenvalue weighted by Crippen LogP contribution is 2.31. The fourth-order valence-corrected chi connectivity index (χ4v) is 4.94. The van der Waals surface area contributed by atoms with Crippen LogP contribution in [0.5, 0.6) is 0 Å². The summed E-state index contributed by atoms with van der Waals surface area (Å²) in [6, 6.07) is 20.6. The molecule has 0 radical (unpaired) electrons. The van der Waals surface area contributed by atoms with E-state index < -0.39 is 4.92 Å². The number of ketones is 1. The monoisotopic (exact) mass is 475 g/mol. The van der Waals surface area contributed by atoms with Crippen LogP contribution in [-0.4, -0.2) is 27.4 Å². The molecule has 33 heavy (non-hydrogen) atoms. The number of Topliss-reactive ketones (excluding diaryl/α,β-unsaturated/α-hetero) is 1. The Hall–Kier alpha value is -3.82. The summed E-state index contributed by atoms with van der Waals surface area (Å²) < 4.78 is 1.62. The van der Waals surface area contributed by atoms with Crippen LogP contribution in [0.1, 0.15) is 15.9 Å². The lowest BCUT2D eigenvalue weighted by molar-refractivity contribution is -0.384. The third-order valence-corrected chi connectivity index (χ3v) is 6.75. The minimum atomic E-state index is -0.500. The quantitative estimate of drug-likeness (QED) is 0.113. The second-order valence-corrected chi connectivity index (χ2v) is 9.16. The predicted molar refractivity (Wildman–Crippen MR) is 132 cm³/mol. The molecule has 0 saturated heterocycles. The molecule has 1 heterocycles. The molecule has 1 aromatic heterocycles. The Kier molecular flexibility index (Phi) is 6.92. The number of non-ortho nitro benzene ring substituents is 1. The minimum absolute atomic E-state index is 0.0520. The van der Waals surface area contributed by atoms with Gasteiger partial charge in [0.2, 0.25) is 5.91 Å². The maximum Gasteiger partial charge on any atom is 0.269 e. The number of benzene rings is 3. The van der Waals surface area contributed by atoms with Crippen LogP contribution in [0.2, 0.25) is 0 Å². The summed E-state index contributed by atoms with van der Waals surface area (Å²) in [6.45, 7) is 0. The third-order valence-electron chi connectivity index (χ3n) is 4.59. The van der Waals surface area contributed by atoms with Gasteiger partial charge in [-0.1, -0.05) is 42.1 Å². The molecule has 1 N–H and O–H groups in total. The number of nitrogens with one attached hydrogen (secondary N) is 1. The first-order chi connectivity index (χ1) is 16.0. The van der Waals surface area contributed by atoms with E-state index in [1.807, 2.05) is 42.5 Å². The predicted octanol–water partition coefficient (Wildman–Crippen LogP) is 5.83. The molecule has 0 atom stereocenters. The van der Waals surface area contributed by atoms with E-state index in [1.54, 1.807) is 12.1 Å². The molecule has 1 amide bonds. The summed E-state index contributed by atoms with van der Waals surface area (Å²) in [5.41, 5.74) is 2.75. The molecule has 0 saturated carbocycles. The molecule has 7 nitrogen and oxygen atoms in total. The number of carbonyl (C=O) groups excluding carboxylic acids is 2. The summed E-state index contributed by atoms with van der Waals surface area (Å²) >= 11 is 2.74. The summed E-state index contributed by atoms with van der Waals surface area (Å²) in [5, 5.41) is 13.6. The van der Waals surface area contributed by atoms with Crippen molar-refractivity contribution in [1.29, 1.82) is 0 Å². The first-order valence-electron chi connectivity index (χ1n) is 9.83. The molecule has 0 aliphatic carbocycles. The molecule has 4 rings (SSSR count). The molecule has 164 valence electrons. The van der Waals surface area contributed by atoms with Gasteiger partial charge < -0.3 is 5.32 Å². The van der Waals surface area contributed by atoms with E-state index in [0.717, 1.165) is 20.1 Å². The number of thiazole rings is 1. The van der Waals surface area contributed by atoms with E-state index in [2.05, 4.69) is 10.3 Å².